The Balaban J connectivity index is 3.19. The van der Waals surface area contributed by atoms with Crippen LogP contribution in [0.3, 0.4) is 0 Å². The molecular formula is C10H11ClN2O. The zero-order valence-electron chi connectivity index (χ0n) is 7.83. The predicted molar refractivity (Wildman–Crippen MR) is 56.7 cm³/mol. The standard InChI is InChI=1S/C10H11ClN2O/c1-2-4-8(10(12)14)7-5-3-6-13-9(7)11/h3-6H,2H2,1H3,(H2,12,14)/b8-4+. The molecule has 0 aliphatic heterocycles. The van der Waals surface area contributed by atoms with Crippen molar-refractivity contribution in [1.29, 1.82) is 0 Å². The van der Waals surface area contributed by atoms with Gasteiger partial charge in [-0.05, 0) is 18.6 Å². The van der Waals surface area contributed by atoms with Gasteiger partial charge in [-0.1, -0.05) is 24.6 Å². The summed E-state index contributed by atoms with van der Waals surface area (Å²) >= 11 is 5.84. The summed E-state index contributed by atoms with van der Waals surface area (Å²) in [6.07, 6.45) is 4.03. The van der Waals surface area contributed by atoms with Crippen molar-refractivity contribution in [2.24, 2.45) is 5.73 Å². The molecule has 1 rings (SSSR count). The number of hydrogen-bond donors (Lipinski definition) is 1. The largest absolute Gasteiger partial charge is 0.366 e. The third kappa shape index (κ3) is 2.33. The van der Waals surface area contributed by atoms with Gasteiger partial charge in [0.2, 0.25) is 5.91 Å². The van der Waals surface area contributed by atoms with Crippen LogP contribution in [0.5, 0.6) is 0 Å². The van der Waals surface area contributed by atoms with Crippen LogP contribution in [0.15, 0.2) is 24.4 Å². The van der Waals surface area contributed by atoms with E-state index in [-0.39, 0.29) is 0 Å². The Bertz CT molecular complexity index is 374. The van der Waals surface area contributed by atoms with Crippen molar-refractivity contribution in [3.63, 3.8) is 0 Å². The summed E-state index contributed by atoms with van der Waals surface area (Å²) in [6, 6.07) is 3.44. The van der Waals surface area contributed by atoms with Gasteiger partial charge in [-0.25, -0.2) is 4.98 Å². The Kier molecular flexibility index (Phi) is 3.65. The number of nitrogens with zero attached hydrogens (tertiary/aromatic N) is 1. The number of aromatic nitrogens is 1. The molecule has 1 amide bonds. The van der Waals surface area contributed by atoms with Crippen molar-refractivity contribution in [3.8, 4) is 0 Å². The molecule has 1 aromatic heterocycles. The lowest BCUT2D eigenvalue weighted by Gasteiger charge is -2.04. The molecule has 2 N–H and O–H groups in total. The third-order valence-electron chi connectivity index (χ3n) is 1.72. The van der Waals surface area contributed by atoms with E-state index in [1.54, 1.807) is 24.4 Å². The van der Waals surface area contributed by atoms with Crippen molar-refractivity contribution in [1.82, 2.24) is 4.98 Å². The van der Waals surface area contributed by atoms with Crippen LogP contribution < -0.4 is 5.73 Å². The van der Waals surface area contributed by atoms with Crippen LogP contribution in [0.2, 0.25) is 5.15 Å². The third-order valence-corrected chi connectivity index (χ3v) is 2.02. The smallest absolute Gasteiger partial charge is 0.249 e. The van der Waals surface area contributed by atoms with Crippen molar-refractivity contribution >= 4 is 23.1 Å². The number of hydrogen-bond acceptors (Lipinski definition) is 2. The first-order valence-corrected chi connectivity index (χ1v) is 4.65. The molecule has 74 valence electrons. The Hall–Kier alpha value is -1.35. The number of halogens is 1. The fourth-order valence-electron chi connectivity index (χ4n) is 1.13. The summed E-state index contributed by atoms with van der Waals surface area (Å²) < 4.78 is 0. The number of nitrogens with two attached hydrogens (primary N) is 1. The van der Waals surface area contributed by atoms with E-state index in [0.29, 0.717) is 16.3 Å². The average molecular weight is 211 g/mol. The molecule has 1 heterocycles. The molecule has 0 saturated carbocycles. The van der Waals surface area contributed by atoms with Crippen LogP contribution >= 0.6 is 11.6 Å². The van der Waals surface area contributed by atoms with E-state index in [2.05, 4.69) is 4.98 Å². The lowest BCUT2D eigenvalue weighted by atomic mass is 10.1. The number of primary amides is 1. The molecule has 0 radical (unpaired) electrons. The molecule has 0 aliphatic carbocycles. The highest BCUT2D eigenvalue weighted by atomic mass is 35.5. The topological polar surface area (TPSA) is 56.0 Å². The molecule has 0 atom stereocenters. The second-order valence-electron chi connectivity index (χ2n) is 2.73. The number of carbonyl (C=O) groups excluding carboxylic acids is 1. The summed E-state index contributed by atoms with van der Waals surface area (Å²) in [5.74, 6) is -0.484. The first-order chi connectivity index (χ1) is 6.66. The minimum absolute atomic E-state index is 0.297. The fraction of sp³-hybridized carbons (Fsp3) is 0.200. The van der Waals surface area contributed by atoms with Crippen LogP contribution in [0.4, 0.5) is 0 Å². The highest BCUT2D eigenvalue weighted by Crippen LogP contribution is 2.21. The monoisotopic (exact) mass is 210 g/mol. The predicted octanol–water partition coefficient (Wildman–Crippen LogP) is 2.01. The van der Waals surface area contributed by atoms with Gasteiger partial charge in [0.1, 0.15) is 5.15 Å². The quantitative estimate of drug-likeness (QED) is 0.613. The second kappa shape index (κ2) is 4.77. The maximum atomic E-state index is 11.1. The number of amides is 1. The molecule has 0 fully saturated rings. The van der Waals surface area contributed by atoms with Crippen LogP contribution in [-0.2, 0) is 4.79 Å². The molecule has 3 nitrogen and oxygen atoms in total. The van der Waals surface area contributed by atoms with E-state index in [0.717, 1.165) is 6.42 Å². The summed E-state index contributed by atoms with van der Waals surface area (Å²) in [5.41, 5.74) is 6.24. The Morgan fingerprint density at radius 3 is 2.93 bits per heavy atom. The SMILES string of the molecule is CC/C=C(/C(N)=O)c1cccnc1Cl. The van der Waals surface area contributed by atoms with Crippen molar-refractivity contribution < 1.29 is 4.79 Å². The van der Waals surface area contributed by atoms with Crippen LogP contribution in [0.1, 0.15) is 18.9 Å². The molecule has 0 aliphatic rings. The minimum atomic E-state index is -0.484. The minimum Gasteiger partial charge on any atom is -0.366 e. The summed E-state index contributed by atoms with van der Waals surface area (Å²) in [6.45, 7) is 1.92. The number of rotatable bonds is 3. The van der Waals surface area contributed by atoms with Crippen LogP contribution in [-0.4, -0.2) is 10.9 Å². The van der Waals surface area contributed by atoms with Gasteiger partial charge in [-0.2, -0.15) is 0 Å². The maximum Gasteiger partial charge on any atom is 0.249 e. The zero-order valence-corrected chi connectivity index (χ0v) is 8.58. The molecule has 0 unspecified atom stereocenters. The first-order valence-electron chi connectivity index (χ1n) is 4.27. The second-order valence-corrected chi connectivity index (χ2v) is 3.09. The zero-order chi connectivity index (χ0) is 10.6. The van der Waals surface area contributed by atoms with Gasteiger partial charge in [0.15, 0.2) is 0 Å². The Labute approximate surface area is 87.6 Å². The lowest BCUT2D eigenvalue weighted by molar-refractivity contribution is -0.112. The van der Waals surface area contributed by atoms with E-state index in [4.69, 9.17) is 17.3 Å². The fourth-order valence-corrected chi connectivity index (χ4v) is 1.36. The van der Waals surface area contributed by atoms with Gasteiger partial charge in [-0.15, -0.1) is 0 Å². The Morgan fingerprint density at radius 2 is 2.43 bits per heavy atom. The number of carbonyl (C=O) groups is 1. The van der Waals surface area contributed by atoms with Gasteiger partial charge in [0.05, 0.1) is 0 Å². The maximum absolute atomic E-state index is 11.1. The van der Waals surface area contributed by atoms with Crippen molar-refractivity contribution in [2.75, 3.05) is 0 Å². The lowest BCUT2D eigenvalue weighted by Crippen LogP contribution is -2.13. The molecule has 0 bridgehead atoms. The first kappa shape index (κ1) is 10.7. The summed E-state index contributed by atoms with van der Waals surface area (Å²) in [4.78, 5) is 15.0. The van der Waals surface area contributed by atoms with E-state index < -0.39 is 5.91 Å². The van der Waals surface area contributed by atoms with Crippen LogP contribution in [0, 0.1) is 0 Å². The normalized spacial score (nSPS) is 11.4. The average Bonchev–Trinajstić information content (AvgIpc) is 2.15. The molecule has 4 heteroatoms. The number of pyridine rings is 1. The van der Waals surface area contributed by atoms with E-state index in [9.17, 15) is 4.79 Å². The molecular weight excluding hydrogens is 200 g/mol. The molecule has 14 heavy (non-hydrogen) atoms. The van der Waals surface area contributed by atoms with Gasteiger partial charge >= 0.3 is 0 Å². The number of allylic oxidation sites excluding steroid dienone is 1. The van der Waals surface area contributed by atoms with Gasteiger partial charge in [0, 0.05) is 17.3 Å². The van der Waals surface area contributed by atoms with E-state index in [1.807, 2.05) is 6.92 Å². The van der Waals surface area contributed by atoms with Gasteiger partial charge < -0.3 is 5.73 Å². The summed E-state index contributed by atoms with van der Waals surface area (Å²) in [5, 5.41) is 0.297. The molecule has 0 aromatic carbocycles. The van der Waals surface area contributed by atoms with E-state index in [1.165, 1.54) is 0 Å². The Morgan fingerprint density at radius 1 is 1.71 bits per heavy atom. The van der Waals surface area contributed by atoms with Crippen LogP contribution in [0.25, 0.3) is 5.57 Å². The highest BCUT2D eigenvalue weighted by molar-refractivity contribution is 6.33. The van der Waals surface area contributed by atoms with E-state index >= 15 is 0 Å². The van der Waals surface area contributed by atoms with Crippen molar-refractivity contribution in [2.45, 2.75) is 13.3 Å². The summed E-state index contributed by atoms with van der Waals surface area (Å²) in [7, 11) is 0. The highest BCUT2D eigenvalue weighted by Gasteiger charge is 2.11. The van der Waals surface area contributed by atoms with Gasteiger partial charge in [-0.3, -0.25) is 4.79 Å². The van der Waals surface area contributed by atoms with Crippen molar-refractivity contribution in [3.05, 3.63) is 35.1 Å². The molecule has 1 aromatic rings. The molecule has 0 saturated heterocycles. The molecule has 0 spiro atoms. The van der Waals surface area contributed by atoms with Gasteiger partial charge in [0.25, 0.3) is 0 Å².